The summed E-state index contributed by atoms with van der Waals surface area (Å²) in [4.78, 5) is 15.5. The molecule has 0 bridgehead atoms. The third-order valence-corrected chi connectivity index (χ3v) is 3.61. The molecule has 8 heteroatoms. The maximum absolute atomic E-state index is 8.87. The Hall–Kier alpha value is -2.87. The molecular formula is C16H19N5O3. The van der Waals surface area contributed by atoms with Crippen LogP contribution in [0.3, 0.4) is 0 Å². The maximum atomic E-state index is 8.87. The van der Waals surface area contributed by atoms with E-state index < -0.39 is 0 Å². The number of ether oxygens (including phenoxy) is 2. The van der Waals surface area contributed by atoms with Crippen LogP contribution in [-0.2, 0) is 0 Å². The minimum atomic E-state index is -0.0449. The number of aromatic amines is 1. The van der Waals surface area contributed by atoms with Crippen LogP contribution in [-0.4, -0.2) is 45.4 Å². The van der Waals surface area contributed by atoms with Gasteiger partial charge in [-0.2, -0.15) is 0 Å². The molecule has 0 aliphatic carbocycles. The molecule has 0 aliphatic rings. The molecule has 8 nitrogen and oxygen atoms in total. The van der Waals surface area contributed by atoms with Crippen molar-refractivity contribution in [3.8, 4) is 11.5 Å². The van der Waals surface area contributed by atoms with Gasteiger partial charge in [-0.1, -0.05) is 6.07 Å². The van der Waals surface area contributed by atoms with Crippen LogP contribution in [0, 0.1) is 0 Å². The molecule has 3 N–H and O–H groups in total. The lowest BCUT2D eigenvalue weighted by Crippen LogP contribution is -2.09. The molecule has 3 aromatic rings. The van der Waals surface area contributed by atoms with E-state index in [9.17, 15) is 0 Å². The van der Waals surface area contributed by atoms with Crippen molar-refractivity contribution in [2.75, 3.05) is 25.6 Å². The summed E-state index contributed by atoms with van der Waals surface area (Å²) in [5.41, 5.74) is 2.39. The van der Waals surface area contributed by atoms with Crippen molar-refractivity contribution in [1.29, 1.82) is 0 Å². The first kappa shape index (κ1) is 16.0. The maximum Gasteiger partial charge on any atom is 0.182 e. The van der Waals surface area contributed by atoms with Crippen molar-refractivity contribution in [2.45, 2.75) is 13.0 Å². The second-order valence-electron chi connectivity index (χ2n) is 5.17. The van der Waals surface area contributed by atoms with Crippen molar-refractivity contribution < 1.29 is 14.6 Å². The predicted octanol–water partition coefficient (Wildman–Crippen LogP) is 1.91. The Kier molecular flexibility index (Phi) is 4.76. The molecular weight excluding hydrogens is 310 g/mol. The molecule has 0 fully saturated rings. The molecule has 2 heterocycles. The third kappa shape index (κ3) is 3.23. The van der Waals surface area contributed by atoms with Crippen LogP contribution in [0.4, 0.5) is 5.82 Å². The zero-order valence-corrected chi connectivity index (χ0v) is 13.5. The SMILES string of the molecule is COc1cc([C@@H](C)Nc2ncnc3nc[nH]c23)ccc1OCCO. The van der Waals surface area contributed by atoms with Gasteiger partial charge in [-0.3, -0.25) is 0 Å². The van der Waals surface area contributed by atoms with Gasteiger partial charge in [0.15, 0.2) is 23.0 Å². The lowest BCUT2D eigenvalue weighted by molar-refractivity contribution is 0.196. The smallest absolute Gasteiger partial charge is 0.182 e. The van der Waals surface area contributed by atoms with E-state index in [4.69, 9.17) is 14.6 Å². The van der Waals surface area contributed by atoms with Crippen molar-refractivity contribution in [3.63, 3.8) is 0 Å². The molecule has 0 aliphatic heterocycles. The van der Waals surface area contributed by atoms with Gasteiger partial charge >= 0.3 is 0 Å². The quantitative estimate of drug-likeness (QED) is 0.608. The average molecular weight is 329 g/mol. The molecule has 126 valence electrons. The fourth-order valence-corrected chi connectivity index (χ4v) is 2.39. The van der Waals surface area contributed by atoms with E-state index in [0.717, 1.165) is 11.1 Å². The van der Waals surface area contributed by atoms with Crippen LogP contribution in [0.2, 0.25) is 0 Å². The second kappa shape index (κ2) is 7.14. The zero-order chi connectivity index (χ0) is 16.9. The number of methoxy groups -OCH3 is 1. The summed E-state index contributed by atoms with van der Waals surface area (Å²) in [6.07, 6.45) is 3.07. The molecule has 0 saturated heterocycles. The van der Waals surface area contributed by atoms with E-state index in [1.54, 1.807) is 13.4 Å². The molecule has 0 amide bonds. The summed E-state index contributed by atoms with van der Waals surface area (Å²) in [6, 6.07) is 5.65. The average Bonchev–Trinajstić information content (AvgIpc) is 3.09. The first-order chi connectivity index (χ1) is 11.7. The fraction of sp³-hybridized carbons (Fsp3) is 0.312. The predicted molar refractivity (Wildman–Crippen MR) is 89.3 cm³/mol. The van der Waals surface area contributed by atoms with Crippen LogP contribution >= 0.6 is 0 Å². The molecule has 1 atom stereocenters. The van der Waals surface area contributed by atoms with E-state index in [0.29, 0.717) is 23.0 Å². The summed E-state index contributed by atoms with van der Waals surface area (Å²) >= 11 is 0. The monoisotopic (exact) mass is 329 g/mol. The number of benzene rings is 1. The number of nitrogens with one attached hydrogen (secondary N) is 2. The Morgan fingerprint density at radius 1 is 1.25 bits per heavy atom. The van der Waals surface area contributed by atoms with Crippen LogP contribution in [0.1, 0.15) is 18.5 Å². The molecule has 0 radical (unpaired) electrons. The number of hydrogen-bond acceptors (Lipinski definition) is 7. The fourth-order valence-electron chi connectivity index (χ4n) is 2.39. The van der Waals surface area contributed by atoms with Gasteiger partial charge in [0, 0.05) is 0 Å². The van der Waals surface area contributed by atoms with Crippen molar-refractivity contribution in [3.05, 3.63) is 36.4 Å². The van der Waals surface area contributed by atoms with E-state index >= 15 is 0 Å². The third-order valence-electron chi connectivity index (χ3n) is 3.61. The van der Waals surface area contributed by atoms with Gasteiger partial charge in [-0.25, -0.2) is 15.0 Å². The molecule has 3 rings (SSSR count). The van der Waals surface area contributed by atoms with Gasteiger partial charge in [0.25, 0.3) is 0 Å². The van der Waals surface area contributed by atoms with Crippen molar-refractivity contribution >= 4 is 17.0 Å². The topological polar surface area (TPSA) is 105 Å². The molecule has 24 heavy (non-hydrogen) atoms. The Morgan fingerprint density at radius 2 is 2.12 bits per heavy atom. The lowest BCUT2D eigenvalue weighted by Gasteiger charge is -2.17. The van der Waals surface area contributed by atoms with Crippen molar-refractivity contribution in [2.24, 2.45) is 0 Å². The van der Waals surface area contributed by atoms with E-state index in [-0.39, 0.29) is 19.3 Å². The molecule has 2 aromatic heterocycles. The van der Waals surface area contributed by atoms with Gasteiger partial charge in [0.05, 0.1) is 26.1 Å². The molecule has 0 saturated carbocycles. The Morgan fingerprint density at radius 3 is 2.92 bits per heavy atom. The second-order valence-corrected chi connectivity index (χ2v) is 5.17. The van der Waals surface area contributed by atoms with Gasteiger partial charge in [0.2, 0.25) is 0 Å². The van der Waals surface area contributed by atoms with Crippen LogP contribution < -0.4 is 14.8 Å². The summed E-state index contributed by atoms with van der Waals surface area (Å²) in [7, 11) is 1.58. The van der Waals surface area contributed by atoms with E-state index in [2.05, 4.69) is 25.3 Å². The summed E-state index contributed by atoms with van der Waals surface area (Å²) in [5, 5.41) is 12.2. The van der Waals surface area contributed by atoms with Crippen LogP contribution in [0.15, 0.2) is 30.9 Å². The minimum absolute atomic E-state index is 0.0211. The standard InChI is InChI=1S/C16H19N5O3/c1-10(21-16-14-15(18-8-17-14)19-9-20-16)11-3-4-12(24-6-5-22)13(7-11)23-2/h3-4,7-10,22H,5-6H2,1-2H3,(H2,17,18,19,20,21)/t10-/m1/s1. The largest absolute Gasteiger partial charge is 0.493 e. The summed E-state index contributed by atoms with van der Waals surface area (Å²) < 4.78 is 10.8. The molecule has 0 spiro atoms. The number of nitrogens with zero attached hydrogens (tertiary/aromatic N) is 3. The lowest BCUT2D eigenvalue weighted by atomic mass is 10.1. The summed E-state index contributed by atoms with van der Waals surface area (Å²) in [6.45, 7) is 2.20. The first-order valence-electron chi connectivity index (χ1n) is 7.55. The Labute approximate surface area is 138 Å². The summed E-state index contributed by atoms with van der Waals surface area (Å²) in [5.74, 6) is 1.90. The Balaban J connectivity index is 1.82. The molecule has 1 aromatic carbocycles. The highest BCUT2D eigenvalue weighted by atomic mass is 16.5. The van der Waals surface area contributed by atoms with Gasteiger partial charge in [-0.15, -0.1) is 0 Å². The highest BCUT2D eigenvalue weighted by Gasteiger charge is 2.13. The molecule has 0 unspecified atom stereocenters. The van der Waals surface area contributed by atoms with Gasteiger partial charge < -0.3 is 24.9 Å². The van der Waals surface area contributed by atoms with Crippen LogP contribution in [0.25, 0.3) is 11.2 Å². The number of aliphatic hydroxyl groups is 1. The number of aliphatic hydroxyl groups excluding tert-OH is 1. The number of H-pyrrole nitrogens is 1. The number of anilines is 1. The van der Waals surface area contributed by atoms with E-state index in [1.807, 2.05) is 25.1 Å². The van der Waals surface area contributed by atoms with E-state index in [1.165, 1.54) is 6.33 Å². The normalized spacial score (nSPS) is 12.1. The number of aromatic nitrogens is 4. The Bertz CT molecular complexity index is 820. The number of fused-ring (bicyclic) bond motifs is 1. The number of imidazole rings is 1. The van der Waals surface area contributed by atoms with Crippen molar-refractivity contribution in [1.82, 2.24) is 19.9 Å². The first-order valence-corrected chi connectivity index (χ1v) is 7.55. The highest BCUT2D eigenvalue weighted by Crippen LogP contribution is 2.31. The number of hydrogen-bond donors (Lipinski definition) is 3. The van der Waals surface area contributed by atoms with Crippen LogP contribution in [0.5, 0.6) is 11.5 Å². The number of rotatable bonds is 7. The van der Waals surface area contributed by atoms with Gasteiger partial charge in [-0.05, 0) is 24.6 Å². The van der Waals surface area contributed by atoms with Gasteiger partial charge in [0.1, 0.15) is 18.5 Å². The minimum Gasteiger partial charge on any atom is -0.493 e. The highest BCUT2D eigenvalue weighted by molar-refractivity contribution is 5.82. The zero-order valence-electron chi connectivity index (χ0n) is 13.5.